The molecule has 21 N–H and O–H groups in total. The van der Waals surface area contributed by atoms with E-state index in [0.717, 1.165) is 20.8 Å². The smallest absolute Gasteiger partial charge is 0.364 e. The van der Waals surface area contributed by atoms with Gasteiger partial charge >= 0.3 is 5.97 Å². The van der Waals surface area contributed by atoms with Crippen LogP contribution in [0.3, 0.4) is 0 Å². The van der Waals surface area contributed by atoms with Gasteiger partial charge in [0.25, 0.3) is 5.79 Å². The van der Waals surface area contributed by atoms with Crippen molar-refractivity contribution >= 4 is 23.7 Å². The number of nitrogens with one attached hydrogen (secondary N) is 3. The topological polar surface area (TPSA) is 570 Å². The number of carbonyl (C=O) groups excluding carboxylic acids is 3. The van der Waals surface area contributed by atoms with E-state index in [4.69, 9.17) is 52.1 Å². The van der Waals surface area contributed by atoms with Gasteiger partial charge in [-0.15, -0.1) is 0 Å². The van der Waals surface area contributed by atoms with E-state index in [0.29, 0.717) is 0 Å². The maximum Gasteiger partial charge on any atom is 0.364 e. The number of hydrogen-bond acceptors (Lipinski definition) is 32. The van der Waals surface area contributed by atoms with Crippen LogP contribution in [0.5, 0.6) is 0 Å². The lowest BCUT2D eigenvalue weighted by Gasteiger charge is -2.52. The zero-order chi connectivity index (χ0) is 60.3. The molecule has 0 bridgehead atoms. The molecule has 0 aliphatic carbocycles. The van der Waals surface area contributed by atoms with Crippen LogP contribution in [-0.2, 0) is 71.3 Å². The van der Waals surface area contributed by atoms with E-state index in [2.05, 4.69) is 16.0 Å². The molecule has 6 rings (SSSR count). The molecule has 468 valence electrons. The Morgan fingerprint density at radius 3 is 1.57 bits per heavy atom. The van der Waals surface area contributed by atoms with Crippen molar-refractivity contribution in [3.05, 3.63) is 0 Å². The summed E-state index contributed by atoms with van der Waals surface area (Å²) in [5, 5.41) is 201. The first-order valence-corrected chi connectivity index (χ1v) is 25.6. The van der Waals surface area contributed by atoms with Crippen molar-refractivity contribution in [2.24, 2.45) is 0 Å². The Hall–Kier alpha value is -3.24. The molecule has 0 saturated carbocycles. The average molecular weight is 1190 g/mol. The van der Waals surface area contributed by atoms with Crippen LogP contribution < -0.4 is 16.0 Å². The van der Waals surface area contributed by atoms with Gasteiger partial charge in [-0.05, 0) is 6.92 Å². The Balaban J connectivity index is 1.34. The van der Waals surface area contributed by atoms with E-state index < -0.39 is 253 Å². The van der Waals surface area contributed by atoms with E-state index >= 15 is 0 Å². The highest BCUT2D eigenvalue weighted by atomic mass is 16.8. The Morgan fingerprint density at radius 2 is 1.01 bits per heavy atom. The van der Waals surface area contributed by atoms with Gasteiger partial charge in [0.2, 0.25) is 17.7 Å². The number of aliphatic carboxylic acids is 1. The summed E-state index contributed by atoms with van der Waals surface area (Å²) in [4.78, 5) is 50.7. The van der Waals surface area contributed by atoms with Crippen LogP contribution >= 0.6 is 0 Å². The first-order chi connectivity index (χ1) is 38.0. The number of ether oxygens (including phenoxy) is 11. The fourth-order valence-electron chi connectivity index (χ4n) is 10.3. The lowest BCUT2D eigenvalue weighted by molar-refractivity contribution is -0.392. The number of hydrogen-bond donors (Lipinski definition) is 21. The zero-order valence-corrected chi connectivity index (χ0v) is 43.7. The lowest BCUT2D eigenvalue weighted by atomic mass is 9.88. The Kier molecular flexibility index (Phi) is 23.4. The highest BCUT2D eigenvalue weighted by molar-refractivity contribution is 5.77. The third-order valence-electron chi connectivity index (χ3n) is 14.5. The second kappa shape index (κ2) is 28.3. The normalized spacial score (nSPS) is 46.7. The maximum absolute atomic E-state index is 13.2. The predicted octanol–water partition coefficient (Wildman–Crippen LogP) is -13.4. The van der Waals surface area contributed by atoms with Gasteiger partial charge in [-0.25, -0.2) is 4.79 Å². The van der Waals surface area contributed by atoms with Crippen LogP contribution in [0.4, 0.5) is 0 Å². The van der Waals surface area contributed by atoms with Crippen LogP contribution in [0.15, 0.2) is 0 Å². The Labute approximate surface area is 459 Å². The molecule has 81 heavy (non-hydrogen) atoms. The zero-order valence-electron chi connectivity index (χ0n) is 43.7. The van der Waals surface area contributed by atoms with Crippen molar-refractivity contribution in [1.82, 2.24) is 16.0 Å². The number of aliphatic hydroxyl groups excluding tert-OH is 17. The number of carbonyl (C=O) groups is 4. The minimum atomic E-state index is -3.24. The van der Waals surface area contributed by atoms with Crippen LogP contribution in [0.1, 0.15) is 34.1 Å². The summed E-state index contributed by atoms with van der Waals surface area (Å²) in [5.41, 5.74) is 0. The summed E-state index contributed by atoms with van der Waals surface area (Å²) in [6, 6.07) is -5.19. The summed E-state index contributed by atoms with van der Waals surface area (Å²) in [5.74, 6) is -7.89. The monoisotopic (exact) mass is 1190 g/mol. The first kappa shape index (κ1) is 66.9. The van der Waals surface area contributed by atoms with E-state index in [1.54, 1.807) is 0 Å². The van der Waals surface area contributed by atoms with E-state index in [1.807, 2.05) is 0 Å². The fraction of sp³-hybridized carbons (Fsp3) is 0.911. The van der Waals surface area contributed by atoms with Gasteiger partial charge in [-0.3, -0.25) is 14.4 Å². The largest absolute Gasteiger partial charge is 0.477 e. The molecule has 0 aromatic carbocycles. The molecule has 0 radical (unpaired) electrons. The minimum absolute atomic E-state index is 0.801. The van der Waals surface area contributed by atoms with Gasteiger partial charge < -0.3 is 160 Å². The summed E-state index contributed by atoms with van der Waals surface area (Å²) in [6.07, 6.45) is -55.0. The molecular formula is C45H75N3O33. The van der Waals surface area contributed by atoms with Gasteiger partial charge in [-0.2, -0.15) is 0 Å². The van der Waals surface area contributed by atoms with E-state index in [1.165, 1.54) is 6.92 Å². The molecule has 0 aromatic rings. The van der Waals surface area contributed by atoms with Gasteiger partial charge in [0.15, 0.2) is 31.5 Å². The summed E-state index contributed by atoms with van der Waals surface area (Å²) in [6.45, 7) is -1.04. The number of carboxylic acid groups (broad SMARTS) is 1. The number of aliphatic hydroxyl groups is 17. The van der Waals surface area contributed by atoms with Crippen molar-refractivity contribution in [1.29, 1.82) is 0 Å². The third-order valence-corrected chi connectivity index (χ3v) is 14.5. The number of amides is 3. The molecule has 6 heterocycles. The number of rotatable bonds is 21. The van der Waals surface area contributed by atoms with Crippen molar-refractivity contribution in [3.8, 4) is 0 Å². The van der Waals surface area contributed by atoms with Crippen LogP contribution in [0.2, 0.25) is 0 Å². The predicted molar refractivity (Wildman–Crippen MR) is 250 cm³/mol. The molecule has 36 heteroatoms. The summed E-state index contributed by atoms with van der Waals surface area (Å²) >= 11 is 0. The number of carboxylic acids is 1. The highest BCUT2D eigenvalue weighted by Gasteiger charge is 2.61. The lowest BCUT2D eigenvalue weighted by Crippen LogP contribution is -2.71. The van der Waals surface area contributed by atoms with Crippen molar-refractivity contribution in [2.75, 3.05) is 33.0 Å². The fourth-order valence-corrected chi connectivity index (χ4v) is 10.3. The molecular weight excluding hydrogens is 1110 g/mol. The van der Waals surface area contributed by atoms with E-state index in [9.17, 15) is 111 Å². The summed E-state index contributed by atoms with van der Waals surface area (Å²) < 4.78 is 64.1. The van der Waals surface area contributed by atoms with Crippen molar-refractivity contribution < 1.29 is 163 Å². The van der Waals surface area contributed by atoms with Crippen molar-refractivity contribution in [2.45, 2.75) is 224 Å². The maximum atomic E-state index is 13.2. The molecule has 0 aromatic heterocycles. The Bertz CT molecular complexity index is 2070. The van der Waals surface area contributed by atoms with E-state index in [-0.39, 0.29) is 0 Å². The van der Waals surface area contributed by atoms with Crippen LogP contribution in [-0.4, -0.2) is 338 Å². The molecule has 6 aliphatic heterocycles. The first-order valence-electron chi connectivity index (χ1n) is 25.6. The van der Waals surface area contributed by atoms with Crippen molar-refractivity contribution in [3.63, 3.8) is 0 Å². The van der Waals surface area contributed by atoms with Gasteiger partial charge in [-0.1, -0.05) is 0 Å². The molecule has 6 saturated heterocycles. The second-order valence-electron chi connectivity index (χ2n) is 20.4. The Morgan fingerprint density at radius 1 is 0.531 bits per heavy atom. The molecule has 6 fully saturated rings. The third kappa shape index (κ3) is 14.7. The quantitative estimate of drug-likeness (QED) is 0.0507. The molecule has 0 spiro atoms. The molecule has 6 aliphatic rings. The molecule has 0 unspecified atom stereocenters. The SMILES string of the molecule is CC(=O)N[C@@H]1[C@@H](O[C@@H]2O[C@H](CO)[C@H](O)[C@H](O)[C@H]2O)[C@H](O)[C@@H](CO[C@@H]2O[C@H](CO)[C@@H](O[C@@H]3O[C@H](CO)[C@H](O)[C@H](O[C@]4(C(=O)O)C[C@H](O)[C@@H](NC(C)=O)[C@H]([C@H](O)[C@H](O)CO)O4)[C@H]3O)[C@H](O[C@@H]3O[C@@H](C)[C@@H](O)[C@@H](O)[C@@H]3O)[C@H]2NC(C)=O)O[C@H]1O. The van der Waals surface area contributed by atoms with Crippen LogP contribution in [0, 0.1) is 0 Å². The van der Waals surface area contributed by atoms with Crippen LogP contribution in [0.25, 0.3) is 0 Å². The second-order valence-corrected chi connectivity index (χ2v) is 20.4. The van der Waals surface area contributed by atoms with Gasteiger partial charge in [0, 0.05) is 27.2 Å². The minimum Gasteiger partial charge on any atom is -0.477 e. The van der Waals surface area contributed by atoms with Gasteiger partial charge in [0.05, 0.1) is 51.3 Å². The highest BCUT2D eigenvalue weighted by Crippen LogP contribution is 2.40. The molecule has 3 amide bonds. The average Bonchev–Trinajstić information content (AvgIpc) is 3.58. The summed E-state index contributed by atoms with van der Waals surface area (Å²) in [7, 11) is 0. The standard InChI is InChI=1S/C45H75N3O33/c1-11-24(58)29(63)31(65)41(72-11)79-37-23(48-14(4)55)40(71-10-20-28(62)35(22(39(68)73-20)47-13(3)54)78-42-32(66)30(64)26(60)17(7-50)74-42)76-19(9-52)34(37)77-43-33(67)38(27(61)18(8-51)75-43)81-45(44(69)70)5-15(56)21(46-12(2)53)36(80-45)25(59)16(57)6-49/h11,15-43,49-52,56-68H,5-10H2,1-4H3,(H,46,53)(H,47,54)(H,48,55)(H,69,70)/t11-,15-,16+,17+,18+,19+,20+,21+,22+,23+,24+,25+,26-,27-,28+,29+,30-,31-,32+,33+,34+,35+,36+,37+,38-,39+,40+,41-,42-,43-,45-/m0/s1. The van der Waals surface area contributed by atoms with Gasteiger partial charge in [0.1, 0.15) is 134 Å². The molecule has 36 nitrogen and oxygen atoms in total. The molecule has 31 atom stereocenters.